The van der Waals surface area contributed by atoms with Crippen LogP contribution in [-0.2, 0) is 19.1 Å². The smallest absolute Gasteiger partial charge is 0.411 e. The van der Waals surface area contributed by atoms with Crippen molar-refractivity contribution in [2.45, 2.75) is 51.7 Å². The monoisotopic (exact) mass is 283 g/mol. The number of carbonyl (C=O) groups excluding carboxylic acids is 3. The Balaban J connectivity index is 2.14. The molecule has 1 saturated carbocycles. The molecule has 2 aliphatic rings. The first-order chi connectivity index (χ1) is 9.16. The van der Waals surface area contributed by atoms with E-state index >= 15 is 0 Å². The van der Waals surface area contributed by atoms with Crippen LogP contribution in [0.3, 0.4) is 0 Å². The Morgan fingerprint density at radius 1 is 1.30 bits per heavy atom. The van der Waals surface area contributed by atoms with Crippen LogP contribution in [0.2, 0.25) is 0 Å². The van der Waals surface area contributed by atoms with Crippen LogP contribution in [0.4, 0.5) is 4.79 Å². The maximum absolute atomic E-state index is 12.2. The van der Waals surface area contributed by atoms with E-state index in [1.165, 1.54) is 12.0 Å². The number of ether oxygens (including phenoxy) is 2. The number of rotatable bonds is 1. The summed E-state index contributed by atoms with van der Waals surface area (Å²) in [6.07, 6.45) is 0.814. The summed E-state index contributed by atoms with van der Waals surface area (Å²) in [5.74, 6) is -0.272. The van der Waals surface area contributed by atoms with Gasteiger partial charge in [0, 0.05) is 24.8 Å². The van der Waals surface area contributed by atoms with E-state index < -0.39 is 23.7 Å². The topological polar surface area (TPSA) is 72.9 Å². The molecule has 1 saturated heterocycles. The molecule has 6 nitrogen and oxygen atoms in total. The van der Waals surface area contributed by atoms with Crippen LogP contribution in [0.5, 0.6) is 0 Å². The molecule has 6 heteroatoms. The summed E-state index contributed by atoms with van der Waals surface area (Å²) in [7, 11) is 1.30. The van der Waals surface area contributed by atoms with Gasteiger partial charge in [-0.25, -0.2) is 9.59 Å². The molecular weight excluding hydrogens is 262 g/mol. The van der Waals surface area contributed by atoms with Crippen molar-refractivity contribution in [1.82, 2.24) is 4.90 Å². The SMILES string of the molecule is COC(=O)[C@@H]1CC2(CC(=O)C2)CN1C(=O)OC(C)(C)C. The average molecular weight is 283 g/mol. The first-order valence-corrected chi connectivity index (χ1v) is 6.75. The quantitative estimate of drug-likeness (QED) is 0.682. The second kappa shape index (κ2) is 4.75. The van der Waals surface area contributed by atoms with E-state index in [4.69, 9.17) is 9.47 Å². The van der Waals surface area contributed by atoms with Gasteiger partial charge in [0.1, 0.15) is 17.4 Å². The fourth-order valence-corrected chi connectivity index (χ4v) is 2.96. The Morgan fingerprint density at radius 3 is 2.35 bits per heavy atom. The number of hydrogen-bond donors (Lipinski definition) is 0. The zero-order valence-corrected chi connectivity index (χ0v) is 12.4. The molecule has 0 aromatic carbocycles. The highest BCUT2D eigenvalue weighted by Gasteiger charge is 2.55. The highest BCUT2D eigenvalue weighted by molar-refractivity contribution is 5.89. The second-order valence-corrected chi connectivity index (χ2v) is 6.74. The molecular formula is C14H21NO5. The number of hydrogen-bond acceptors (Lipinski definition) is 5. The zero-order valence-electron chi connectivity index (χ0n) is 12.4. The maximum atomic E-state index is 12.2. The van der Waals surface area contributed by atoms with Crippen molar-refractivity contribution in [3.63, 3.8) is 0 Å². The predicted molar refractivity (Wildman–Crippen MR) is 70.0 cm³/mol. The number of nitrogens with zero attached hydrogens (tertiary/aromatic N) is 1. The van der Waals surface area contributed by atoms with Crippen molar-refractivity contribution >= 4 is 17.8 Å². The molecule has 1 amide bonds. The fraction of sp³-hybridized carbons (Fsp3) is 0.786. The van der Waals surface area contributed by atoms with E-state index in [0.29, 0.717) is 25.8 Å². The minimum absolute atomic E-state index is 0.180. The molecule has 1 aliphatic heterocycles. The largest absolute Gasteiger partial charge is 0.467 e. The first kappa shape index (κ1) is 14.8. The van der Waals surface area contributed by atoms with Gasteiger partial charge in [0.2, 0.25) is 0 Å². The molecule has 0 aromatic heterocycles. The van der Waals surface area contributed by atoms with Gasteiger partial charge in [-0.2, -0.15) is 0 Å². The highest BCUT2D eigenvalue weighted by Crippen LogP contribution is 2.48. The second-order valence-electron chi connectivity index (χ2n) is 6.74. The highest BCUT2D eigenvalue weighted by atomic mass is 16.6. The van der Waals surface area contributed by atoms with E-state index in [1.54, 1.807) is 20.8 Å². The molecule has 0 N–H and O–H groups in total. The fourth-order valence-electron chi connectivity index (χ4n) is 2.96. The van der Waals surface area contributed by atoms with Crippen LogP contribution < -0.4 is 0 Å². The lowest BCUT2D eigenvalue weighted by atomic mass is 9.66. The number of likely N-dealkylation sites (tertiary alicyclic amines) is 1. The average Bonchev–Trinajstić information content (AvgIpc) is 2.66. The Kier molecular flexibility index (Phi) is 3.52. The predicted octanol–water partition coefficient (Wildman–Crippen LogP) is 1.52. The summed E-state index contributed by atoms with van der Waals surface area (Å²) in [6, 6.07) is -0.650. The lowest BCUT2D eigenvalue weighted by Crippen LogP contribution is -2.45. The number of carbonyl (C=O) groups is 3. The van der Waals surface area contributed by atoms with Crippen molar-refractivity contribution < 1.29 is 23.9 Å². The van der Waals surface area contributed by atoms with Gasteiger partial charge in [-0.3, -0.25) is 9.69 Å². The van der Waals surface area contributed by atoms with Gasteiger partial charge in [-0.1, -0.05) is 0 Å². The van der Waals surface area contributed by atoms with Gasteiger partial charge in [0.05, 0.1) is 7.11 Å². The third kappa shape index (κ3) is 2.78. The third-order valence-corrected chi connectivity index (χ3v) is 3.75. The van der Waals surface area contributed by atoms with Crippen molar-refractivity contribution in [2.24, 2.45) is 5.41 Å². The van der Waals surface area contributed by atoms with Crippen LogP contribution >= 0.6 is 0 Å². The minimum atomic E-state index is -0.650. The normalized spacial score (nSPS) is 24.5. The number of ketones is 1. The van der Waals surface area contributed by atoms with Gasteiger partial charge in [0.25, 0.3) is 0 Å². The van der Waals surface area contributed by atoms with E-state index in [0.717, 1.165) is 0 Å². The van der Waals surface area contributed by atoms with Gasteiger partial charge >= 0.3 is 12.1 Å². The minimum Gasteiger partial charge on any atom is -0.467 e. The molecule has 1 heterocycles. The number of methoxy groups -OCH3 is 1. The molecule has 2 fully saturated rings. The summed E-state index contributed by atoms with van der Waals surface area (Å²) in [6.45, 7) is 5.71. The Hall–Kier alpha value is -1.59. The molecule has 112 valence electrons. The van der Waals surface area contributed by atoms with Crippen molar-refractivity contribution in [2.75, 3.05) is 13.7 Å². The summed E-state index contributed by atoms with van der Waals surface area (Å²) in [5.41, 5.74) is -0.879. The Bertz CT molecular complexity index is 443. The van der Waals surface area contributed by atoms with Crippen LogP contribution in [0, 0.1) is 5.41 Å². The summed E-state index contributed by atoms with van der Waals surface area (Å²) < 4.78 is 10.1. The van der Waals surface area contributed by atoms with Gasteiger partial charge in [0.15, 0.2) is 0 Å². The molecule has 2 rings (SSSR count). The van der Waals surface area contributed by atoms with Gasteiger partial charge in [-0.05, 0) is 27.2 Å². The molecule has 1 aliphatic carbocycles. The number of amides is 1. The van der Waals surface area contributed by atoms with Crippen molar-refractivity contribution in [3.8, 4) is 0 Å². The van der Waals surface area contributed by atoms with Crippen LogP contribution in [-0.4, -0.2) is 48.0 Å². The lowest BCUT2D eigenvalue weighted by Gasteiger charge is -2.36. The third-order valence-electron chi connectivity index (χ3n) is 3.75. The Morgan fingerprint density at radius 2 is 1.90 bits per heavy atom. The molecule has 0 bridgehead atoms. The Labute approximate surface area is 118 Å². The summed E-state index contributed by atoms with van der Waals surface area (Å²) >= 11 is 0. The molecule has 0 radical (unpaired) electrons. The molecule has 1 atom stereocenters. The first-order valence-electron chi connectivity index (χ1n) is 6.75. The lowest BCUT2D eigenvalue weighted by molar-refractivity contribution is -0.146. The summed E-state index contributed by atoms with van der Waals surface area (Å²) in [5, 5.41) is 0. The van der Waals surface area contributed by atoms with Gasteiger partial charge < -0.3 is 9.47 Å². The number of esters is 1. The van der Waals surface area contributed by atoms with Crippen LogP contribution in [0.1, 0.15) is 40.0 Å². The van der Waals surface area contributed by atoms with E-state index in [1.807, 2.05) is 0 Å². The van der Waals surface area contributed by atoms with Crippen LogP contribution in [0.15, 0.2) is 0 Å². The molecule has 20 heavy (non-hydrogen) atoms. The molecule has 0 unspecified atom stereocenters. The summed E-state index contributed by atoms with van der Waals surface area (Å²) in [4.78, 5) is 36.7. The zero-order chi connectivity index (χ0) is 15.1. The molecule has 1 spiro atoms. The van der Waals surface area contributed by atoms with E-state index in [9.17, 15) is 14.4 Å². The van der Waals surface area contributed by atoms with Gasteiger partial charge in [-0.15, -0.1) is 0 Å². The molecule has 0 aromatic rings. The maximum Gasteiger partial charge on any atom is 0.411 e. The standard InChI is InChI=1S/C14H21NO5/c1-13(2,3)20-12(18)15-8-14(5-9(16)6-14)7-10(15)11(17)19-4/h10H,5-8H2,1-4H3/t10-/m0/s1. The van der Waals surface area contributed by atoms with E-state index in [-0.39, 0.29) is 11.2 Å². The van der Waals surface area contributed by atoms with Crippen molar-refractivity contribution in [3.05, 3.63) is 0 Å². The van der Waals surface area contributed by atoms with E-state index in [2.05, 4.69) is 0 Å². The number of Topliss-reactive ketones (excluding diaryl/α,β-unsaturated/α-hetero) is 1. The van der Waals surface area contributed by atoms with Crippen molar-refractivity contribution in [1.29, 1.82) is 0 Å². The van der Waals surface area contributed by atoms with Crippen LogP contribution in [0.25, 0.3) is 0 Å².